The van der Waals surface area contributed by atoms with Crippen LogP contribution in [0.25, 0.3) is 11.3 Å². The SMILES string of the molecule is CCc1ccc(-c2cn(C(C)(C)C)nn2)cc1O. The highest BCUT2D eigenvalue weighted by Crippen LogP contribution is 2.26. The van der Waals surface area contributed by atoms with Crippen LogP contribution in [0, 0.1) is 0 Å². The minimum absolute atomic E-state index is 0.0867. The minimum Gasteiger partial charge on any atom is -0.508 e. The summed E-state index contributed by atoms with van der Waals surface area (Å²) in [5.41, 5.74) is 2.53. The minimum atomic E-state index is -0.0867. The number of aromatic hydroxyl groups is 1. The maximum atomic E-state index is 9.86. The molecule has 1 aromatic carbocycles. The molecular weight excluding hydrogens is 226 g/mol. The van der Waals surface area contributed by atoms with Crippen LogP contribution in [0.4, 0.5) is 0 Å². The average Bonchev–Trinajstić information content (AvgIpc) is 2.77. The third kappa shape index (κ3) is 2.37. The summed E-state index contributed by atoms with van der Waals surface area (Å²) in [5, 5.41) is 18.1. The van der Waals surface area contributed by atoms with Crippen molar-refractivity contribution in [1.82, 2.24) is 15.0 Å². The van der Waals surface area contributed by atoms with E-state index in [1.54, 1.807) is 6.07 Å². The molecule has 0 aliphatic carbocycles. The smallest absolute Gasteiger partial charge is 0.119 e. The maximum absolute atomic E-state index is 9.86. The number of hydrogen-bond donors (Lipinski definition) is 1. The summed E-state index contributed by atoms with van der Waals surface area (Å²) in [7, 11) is 0. The third-order valence-corrected chi connectivity index (χ3v) is 2.94. The van der Waals surface area contributed by atoms with Crippen molar-refractivity contribution in [3.63, 3.8) is 0 Å². The van der Waals surface area contributed by atoms with E-state index in [1.165, 1.54) is 0 Å². The van der Waals surface area contributed by atoms with Crippen LogP contribution in [-0.2, 0) is 12.0 Å². The van der Waals surface area contributed by atoms with Gasteiger partial charge < -0.3 is 5.11 Å². The lowest BCUT2D eigenvalue weighted by atomic mass is 10.1. The molecule has 0 saturated carbocycles. The first-order valence-electron chi connectivity index (χ1n) is 6.17. The van der Waals surface area contributed by atoms with Crippen molar-refractivity contribution in [3.05, 3.63) is 30.0 Å². The zero-order valence-corrected chi connectivity index (χ0v) is 11.3. The number of phenols is 1. The first-order valence-corrected chi connectivity index (χ1v) is 6.17. The monoisotopic (exact) mass is 245 g/mol. The quantitative estimate of drug-likeness (QED) is 0.885. The summed E-state index contributed by atoms with van der Waals surface area (Å²) in [6.45, 7) is 8.24. The molecule has 0 spiro atoms. The summed E-state index contributed by atoms with van der Waals surface area (Å²) in [4.78, 5) is 0. The van der Waals surface area contributed by atoms with Gasteiger partial charge in [0.25, 0.3) is 0 Å². The van der Waals surface area contributed by atoms with Crippen LogP contribution in [-0.4, -0.2) is 20.1 Å². The molecule has 4 nitrogen and oxygen atoms in total. The molecule has 1 heterocycles. The van der Waals surface area contributed by atoms with Crippen molar-refractivity contribution in [3.8, 4) is 17.0 Å². The molecule has 0 bridgehead atoms. The van der Waals surface area contributed by atoms with Crippen LogP contribution in [0.3, 0.4) is 0 Å². The fraction of sp³-hybridized carbons (Fsp3) is 0.429. The molecule has 0 fully saturated rings. The van der Waals surface area contributed by atoms with Crippen LogP contribution in [0.1, 0.15) is 33.3 Å². The van der Waals surface area contributed by atoms with Crippen molar-refractivity contribution < 1.29 is 5.11 Å². The lowest BCUT2D eigenvalue weighted by Gasteiger charge is -2.17. The van der Waals surface area contributed by atoms with E-state index in [4.69, 9.17) is 0 Å². The van der Waals surface area contributed by atoms with E-state index in [0.29, 0.717) is 5.75 Å². The van der Waals surface area contributed by atoms with Crippen molar-refractivity contribution in [1.29, 1.82) is 0 Å². The first kappa shape index (κ1) is 12.6. The molecule has 2 rings (SSSR count). The Balaban J connectivity index is 2.38. The number of phenolic OH excluding ortho intramolecular Hbond substituents is 1. The Labute approximate surface area is 107 Å². The number of aryl methyl sites for hydroxylation is 1. The summed E-state index contributed by atoms with van der Waals surface area (Å²) < 4.78 is 1.83. The van der Waals surface area contributed by atoms with Crippen LogP contribution in [0.15, 0.2) is 24.4 Å². The van der Waals surface area contributed by atoms with E-state index in [1.807, 2.05) is 29.9 Å². The molecule has 1 N–H and O–H groups in total. The van der Waals surface area contributed by atoms with Gasteiger partial charge in [0.1, 0.15) is 11.4 Å². The molecule has 4 heteroatoms. The van der Waals surface area contributed by atoms with Gasteiger partial charge >= 0.3 is 0 Å². The van der Waals surface area contributed by atoms with E-state index in [2.05, 4.69) is 31.1 Å². The first-order chi connectivity index (χ1) is 8.41. The molecule has 18 heavy (non-hydrogen) atoms. The lowest BCUT2D eigenvalue weighted by molar-refractivity contribution is 0.347. The highest BCUT2D eigenvalue weighted by atomic mass is 16.3. The highest BCUT2D eigenvalue weighted by molar-refractivity contribution is 5.61. The number of nitrogens with zero attached hydrogens (tertiary/aromatic N) is 3. The normalized spacial score (nSPS) is 11.8. The van der Waals surface area contributed by atoms with Gasteiger partial charge in [0.15, 0.2) is 0 Å². The Morgan fingerprint density at radius 2 is 2.00 bits per heavy atom. The summed E-state index contributed by atoms with van der Waals surface area (Å²) in [5.74, 6) is 0.320. The Hall–Kier alpha value is -1.84. The zero-order valence-electron chi connectivity index (χ0n) is 11.3. The fourth-order valence-corrected chi connectivity index (χ4v) is 1.75. The van der Waals surface area contributed by atoms with Crippen molar-refractivity contribution >= 4 is 0 Å². The zero-order chi connectivity index (χ0) is 13.3. The lowest BCUT2D eigenvalue weighted by Crippen LogP contribution is -2.22. The van der Waals surface area contributed by atoms with E-state index in [0.717, 1.165) is 23.2 Å². The summed E-state index contributed by atoms with van der Waals surface area (Å²) in [6.07, 6.45) is 2.72. The molecular formula is C14H19N3O. The maximum Gasteiger partial charge on any atom is 0.119 e. The van der Waals surface area contributed by atoms with Gasteiger partial charge in [-0.1, -0.05) is 24.3 Å². The van der Waals surface area contributed by atoms with E-state index in [9.17, 15) is 5.11 Å². The van der Waals surface area contributed by atoms with Crippen LogP contribution in [0.2, 0.25) is 0 Å². The Bertz CT molecular complexity index is 552. The number of rotatable bonds is 2. The number of hydrogen-bond acceptors (Lipinski definition) is 3. The van der Waals surface area contributed by atoms with E-state index in [-0.39, 0.29) is 5.54 Å². The Morgan fingerprint density at radius 3 is 2.50 bits per heavy atom. The summed E-state index contributed by atoms with van der Waals surface area (Å²) in [6, 6.07) is 5.65. The molecule has 0 aliphatic rings. The second kappa shape index (κ2) is 4.44. The molecule has 0 radical (unpaired) electrons. The van der Waals surface area contributed by atoms with E-state index < -0.39 is 0 Å². The van der Waals surface area contributed by atoms with Crippen LogP contribution in [0.5, 0.6) is 5.75 Å². The fourth-order valence-electron chi connectivity index (χ4n) is 1.75. The van der Waals surface area contributed by atoms with Crippen molar-refractivity contribution in [2.24, 2.45) is 0 Å². The molecule has 0 saturated heterocycles. The summed E-state index contributed by atoms with van der Waals surface area (Å²) >= 11 is 0. The predicted molar refractivity (Wildman–Crippen MR) is 71.5 cm³/mol. The molecule has 0 unspecified atom stereocenters. The van der Waals surface area contributed by atoms with Gasteiger partial charge in [-0.2, -0.15) is 0 Å². The number of aromatic nitrogens is 3. The Kier molecular flexibility index (Phi) is 3.11. The van der Waals surface area contributed by atoms with Gasteiger partial charge in [0, 0.05) is 5.56 Å². The predicted octanol–water partition coefficient (Wildman–Crippen LogP) is 2.97. The molecule has 1 aromatic heterocycles. The standard InChI is InChI=1S/C14H19N3O/c1-5-10-6-7-11(8-13(10)18)12-9-17(16-15-12)14(2,3)4/h6-9,18H,5H2,1-4H3. The Morgan fingerprint density at radius 1 is 1.28 bits per heavy atom. The topological polar surface area (TPSA) is 50.9 Å². The van der Waals surface area contributed by atoms with E-state index >= 15 is 0 Å². The van der Waals surface area contributed by atoms with Gasteiger partial charge in [-0.3, -0.25) is 0 Å². The van der Waals surface area contributed by atoms with Crippen molar-refractivity contribution in [2.45, 2.75) is 39.7 Å². The molecule has 0 aliphatic heterocycles. The van der Waals surface area contributed by atoms with Crippen LogP contribution >= 0.6 is 0 Å². The van der Waals surface area contributed by atoms with Gasteiger partial charge in [0.05, 0.1) is 11.7 Å². The molecule has 96 valence electrons. The van der Waals surface area contributed by atoms with Gasteiger partial charge in [-0.25, -0.2) is 4.68 Å². The molecule has 0 atom stereocenters. The van der Waals surface area contributed by atoms with Crippen molar-refractivity contribution in [2.75, 3.05) is 0 Å². The third-order valence-electron chi connectivity index (χ3n) is 2.94. The van der Waals surface area contributed by atoms with Gasteiger partial charge in [-0.05, 0) is 38.8 Å². The molecule has 0 amide bonds. The highest BCUT2D eigenvalue weighted by Gasteiger charge is 2.16. The van der Waals surface area contributed by atoms with Gasteiger partial charge in [0.2, 0.25) is 0 Å². The van der Waals surface area contributed by atoms with Gasteiger partial charge in [-0.15, -0.1) is 5.10 Å². The number of benzene rings is 1. The average molecular weight is 245 g/mol. The molecule has 2 aromatic rings. The second-order valence-corrected chi connectivity index (χ2v) is 5.42. The van der Waals surface area contributed by atoms with Crippen LogP contribution < -0.4 is 0 Å². The largest absolute Gasteiger partial charge is 0.508 e. The second-order valence-electron chi connectivity index (χ2n) is 5.42.